The number of carbonyl (C=O) groups excluding carboxylic acids is 1. The van der Waals surface area contributed by atoms with Crippen molar-refractivity contribution in [1.82, 2.24) is 4.98 Å². The van der Waals surface area contributed by atoms with Gasteiger partial charge in [0.15, 0.2) is 5.78 Å². The van der Waals surface area contributed by atoms with Crippen LogP contribution in [-0.2, 0) is 0 Å². The van der Waals surface area contributed by atoms with Gasteiger partial charge >= 0.3 is 0 Å². The van der Waals surface area contributed by atoms with Crippen LogP contribution in [0.5, 0.6) is 0 Å². The molecule has 0 N–H and O–H groups in total. The molecule has 3 heteroatoms. The summed E-state index contributed by atoms with van der Waals surface area (Å²) in [7, 11) is 0. The number of hydrogen-bond acceptors (Lipinski definition) is 3. The van der Waals surface area contributed by atoms with E-state index in [1.54, 1.807) is 0 Å². The van der Waals surface area contributed by atoms with Gasteiger partial charge in [-0.25, -0.2) is 4.98 Å². The zero-order valence-corrected chi connectivity index (χ0v) is 9.70. The van der Waals surface area contributed by atoms with Gasteiger partial charge in [0.1, 0.15) is 0 Å². The predicted molar refractivity (Wildman–Crippen MR) is 60.0 cm³/mol. The molecule has 0 amide bonds. The van der Waals surface area contributed by atoms with Crippen LogP contribution in [0, 0.1) is 13.8 Å². The zero-order chi connectivity index (χ0) is 10.7. The molecule has 0 radical (unpaired) electrons. The Hall–Kier alpha value is -0.960. The minimum absolute atomic E-state index is 0.191. The second-order valence-electron chi connectivity index (χ2n) is 3.53. The van der Waals surface area contributed by atoms with Gasteiger partial charge in [0.2, 0.25) is 0 Å². The maximum atomic E-state index is 11.7. The molecule has 0 aromatic carbocycles. The molecule has 0 saturated carbocycles. The van der Waals surface area contributed by atoms with Crippen molar-refractivity contribution < 1.29 is 4.79 Å². The number of ketones is 1. The minimum Gasteiger partial charge on any atom is -0.293 e. The van der Waals surface area contributed by atoms with Crippen molar-refractivity contribution in [3.05, 3.63) is 27.7 Å². The fourth-order valence-corrected chi connectivity index (χ4v) is 2.12. The summed E-state index contributed by atoms with van der Waals surface area (Å²) in [4.78, 5) is 16.8. The number of nitrogens with zero attached hydrogens (tertiary/aromatic N) is 1. The van der Waals surface area contributed by atoms with Gasteiger partial charge in [-0.2, -0.15) is 0 Å². The average Bonchev–Trinajstić information content (AvgIpc) is 2.41. The van der Waals surface area contributed by atoms with Gasteiger partial charge in [-0.1, -0.05) is 5.57 Å². The number of rotatable bonds is 4. The number of allylic oxidation sites excluding steroid dienone is 1. The van der Waals surface area contributed by atoms with Crippen molar-refractivity contribution in [1.29, 1.82) is 0 Å². The SMILES string of the molecule is C=C(C)CCC(=O)c1sc(C)nc1C. The monoisotopic (exact) mass is 209 g/mol. The Kier molecular flexibility index (Phi) is 3.58. The quantitative estimate of drug-likeness (QED) is 0.562. The summed E-state index contributed by atoms with van der Waals surface area (Å²) in [6.07, 6.45) is 1.33. The van der Waals surface area contributed by atoms with E-state index in [1.807, 2.05) is 20.8 Å². The Morgan fingerprint density at radius 1 is 1.43 bits per heavy atom. The molecule has 1 aromatic rings. The lowest BCUT2D eigenvalue weighted by atomic mass is 10.1. The Labute approximate surface area is 88.7 Å². The first kappa shape index (κ1) is 11.1. The standard InChI is InChI=1S/C11H15NOS/c1-7(2)5-6-10(13)11-8(3)12-9(4)14-11/h1,5-6H2,2-4H3. The van der Waals surface area contributed by atoms with E-state index in [4.69, 9.17) is 0 Å². The minimum atomic E-state index is 0.191. The van der Waals surface area contributed by atoms with Gasteiger partial charge in [-0.15, -0.1) is 17.9 Å². The molecule has 1 aromatic heterocycles. The molecule has 0 saturated heterocycles. The molecular weight excluding hydrogens is 194 g/mol. The second kappa shape index (κ2) is 4.51. The topological polar surface area (TPSA) is 30.0 Å². The summed E-state index contributed by atoms with van der Waals surface area (Å²) >= 11 is 1.48. The van der Waals surface area contributed by atoms with Crippen LogP contribution in [0.2, 0.25) is 0 Å². The molecule has 1 heterocycles. The fraction of sp³-hybridized carbons (Fsp3) is 0.455. The molecule has 14 heavy (non-hydrogen) atoms. The molecule has 1 rings (SSSR count). The highest BCUT2D eigenvalue weighted by Crippen LogP contribution is 2.20. The predicted octanol–water partition coefficient (Wildman–Crippen LogP) is 3.30. The van der Waals surface area contributed by atoms with Crippen LogP contribution < -0.4 is 0 Å². The van der Waals surface area contributed by atoms with Crippen LogP contribution in [0.1, 0.15) is 40.1 Å². The van der Waals surface area contributed by atoms with Gasteiger partial charge in [0.25, 0.3) is 0 Å². The molecule has 0 unspecified atom stereocenters. The number of carbonyl (C=O) groups is 1. The molecular formula is C11H15NOS. The van der Waals surface area contributed by atoms with E-state index in [0.717, 1.165) is 27.6 Å². The Morgan fingerprint density at radius 2 is 2.07 bits per heavy atom. The lowest BCUT2D eigenvalue weighted by molar-refractivity contribution is 0.0986. The Bertz CT molecular complexity index is 365. The fourth-order valence-electron chi connectivity index (χ4n) is 1.23. The largest absolute Gasteiger partial charge is 0.293 e. The summed E-state index contributed by atoms with van der Waals surface area (Å²) in [5, 5.41) is 0.959. The molecule has 0 aliphatic carbocycles. The van der Waals surface area contributed by atoms with Crippen LogP contribution in [0.15, 0.2) is 12.2 Å². The van der Waals surface area contributed by atoms with E-state index in [0.29, 0.717) is 6.42 Å². The number of aromatic nitrogens is 1. The molecule has 0 bridgehead atoms. The Balaban J connectivity index is 2.69. The third kappa shape index (κ3) is 2.77. The molecule has 76 valence electrons. The van der Waals surface area contributed by atoms with Crippen molar-refractivity contribution in [2.45, 2.75) is 33.6 Å². The average molecular weight is 209 g/mol. The van der Waals surface area contributed by atoms with Crippen LogP contribution in [0.3, 0.4) is 0 Å². The summed E-state index contributed by atoms with van der Waals surface area (Å²) in [5.74, 6) is 0.191. The Morgan fingerprint density at radius 3 is 2.50 bits per heavy atom. The summed E-state index contributed by atoms with van der Waals surface area (Å²) in [6.45, 7) is 9.54. The first-order valence-electron chi connectivity index (χ1n) is 4.62. The third-order valence-corrected chi connectivity index (χ3v) is 3.05. The summed E-state index contributed by atoms with van der Waals surface area (Å²) < 4.78 is 0. The van der Waals surface area contributed by atoms with E-state index in [9.17, 15) is 4.79 Å². The summed E-state index contributed by atoms with van der Waals surface area (Å²) in [5.41, 5.74) is 1.91. The number of aryl methyl sites for hydroxylation is 2. The van der Waals surface area contributed by atoms with E-state index in [-0.39, 0.29) is 5.78 Å². The molecule has 0 fully saturated rings. The van der Waals surface area contributed by atoms with Crippen LogP contribution in [0.4, 0.5) is 0 Å². The van der Waals surface area contributed by atoms with E-state index >= 15 is 0 Å². The second-order valence-corrected chi connectivity index (χ2v) is 4.73. The third-order valence-electron chi connectivity index (χ3n) is 1.94. The van der Waals surface area contributed by atoms with Crippen LogP contribution in [0.25, 0.3) is 0 Å². The number of Topliss-reactive ketones (excluding diaryl/α,β-unsaturated/α-hetero) is 1. The van der Waals surface area contributed by atoms with Crippen molar-refractivity contribution in [3.8, 4) is 0 Å². The van der Waals surface area contributed by atoms with Gasteiger partial charge < -0.3 is 0 Å². The molecule has 0 aliphatic rings. The van der Waals surface area contributed by atoms with Gasteiger partial charge in [-0.3, -0.25) is 4.79 Å². The smallest absolute Gasteiger partial charge is 0.175 e. The first-order valence-corrected chi connectivity index (χ1v) is 5.44. The van der Waals surface area contributed by atoms with Crippen LogP contribution >= 0.6 is 11.3 Å². The van der Waals surface area contributed by atoms with Crippen molar-refractivity contribution >= 4 is 17.1 Å². The molecule has 0 atom stereocenters. The first-order chi connectivity index (χ1) is 6.50. The van der Waals surface area contributed by atoms with Crippen molar-refractivity contribution in [2.75, 3.05) is 0 Å². The van der Waals surface area contributed by atoms with Gasteiger partial charge in [0.05, 0.1) is 15.6 Å². The highest BCUT2D eigenvalue weighted by molar-refractivity contribution is 7.13. The molecule has 0 spiro atoms. The van der Waals surface area contributed by atoms with Gasteiger partial charge in [0, 0.05) is 6.42 Å². The lowest BCUT2D eigenvalue weighted by Gasteiger charge is -1.98. The molecule has 2 nitrogen and oxygen atoms in total. The molecule has 0 aliphatic heterocycles. The van der Waals surface area contributed by atoms with E-state index < -0.39 is 0 Å². The van der Waals surface area contributed by atoms with E-state index in [2.05, 4.69) is 11.6 Å². The number of hydrogen-bond donors (Lipinski definition) is 0. The normalized spacial score (nSPS) is 10.2. The van der Waals surface area contributed by atoms with Crippen molar-refractivity contribution in [3.63, 3.8) is 0 Å². The van der Waals surface area contributed by atoms with Crippen LogP contribution in [-0.4, -0.2) is 10.8 Å². The maximum Gasteiger partial charge on any atom is 0.175 e. The zero-order valence-electron chi connectivity index (χ0n) is 8.89. The highest BCUT2D eigenvalue weighted by atomic mass is 32.1. The van der Waals surface area contributed by atoms with E-state index in [1.165, 1.54) is 11.3 Å². The van der Waals surface area contributed by atoms with Crippen molar-refractivity contribution in [2.24, 2.45) is 0 Å². The summed E-state index contributed by atoms with van der Waals surface area (Å²) in [6, 6.07) is 0. The highest BCUT2D eigenvalue weighted by Gasteiger charge is 2.12. The lowest BCUT2D eigenvalue weighted by Crippen LogP contribution is -1.98. The number of thiazole rings is 1. The van der Waals surface area contributed by atoms with Gasteiger partial charge in [-0.05, 0) is 27.2 Å². The maximum absolute atomic E-state index is 11.7.